The molecule has 0 atom stereocenters. The molecule has 2 rings (SSSR count). The lowest BCUT2D eigenvalue weighted by molar-refractivity contribution is -0.383. The Morgan fingerprint density at radius 1 is 1.43 bits per heavy atom. The molecule has 110 valence electrons. The zero-order valence-corrected chi connectivity index (χ0v) is 11.8. The monoisotopic (exact) mass is 289 g/mol. The van der Waals surface area contributed by atoms with Crippen molar-refractivity contribution in [2.45, 2.75) is 13.8 Å². The minimum Gasteiger partial charge on any atom is -0.465 e. The van der Waals surface area contributed by atoms with Crippen molar-refractivity contribution in [3.63, 3.8) is 0 Å². The maximum absolute atomic E-state index is 11.4. The van der Waals surface area contributed by atoms with Crippen LogP contribution >= 0.6 is 0 Å². The van der Waals surface area contributed by atoms with E-state index in [2.05, 4.69) is 10.3 Å². The van der Waals surface area contributed by atoms with Gasteiger partial charge in [0.2, 0.25) is 0 Å². The summed E-state index contributed by atoms with van der Waals surface area (Å²) >= 11 is 0. The fourth-order valence-corrected chi connectivity index (χ4v) is 2.02. The summed E-state index contributed by atoms with van der Waals surface area (Å²) in [6, 6.07) is 4.72. The van der Waals surface area contributed by atoms with Crippen molar-refractivity contribution in [2.75, 3.05) is 18.5 Å². The first-order valence-corrected chi connectivity index (χ1v) is 6.46. The second-order valence-electron chi connectivity index (χ2n) is 4.42. The lowest BCUT2D eigenvalue weighted by atomic mass is 10.1. The SMILES string of the molecule is CCOC(=O)CNc1ccc([N+](=O)[O-])c2cnc(C)cc12. The van der Waals surface area contributed by atoms with Crippen LogP contribution in [0.4, 0.5) is 11.4 Å². The third-order valence-corrected chi connectivity index (χ3v) is 2.94. The van der Waals surface area contributed by atoms with E-state index in [1.165, 1.54) is 12.3 Å². The number of carbonyl (C=O) groups excluding carboxylic acids is 1. The Kier molecular flexibility index (Phi) is 4.32. The van der Waals surface area contributed by atoms with Crippen LogP contribution in [0.2, 0.25) is 0 Å². The summed E-state index contributed by atoms with van der Waals surface area (Å²) in [5, 5.41) is 15.1. The topological polar surface area (TPSA) is 94.4 Å². The number of fused-ring (bicyclic) bond motifs is 1. The van der Waals surface area contributed by atoms with Crippen molar-refractivity contribution in [2.24, 2.45) is 0 Å². The number of benzene rings is 1. The van der Waals surface area contributed by atoms with Gasteiger partial charge in [-0.05, 0) is 26.0 Å². The van der Waals surface area contributed by atoms with E-state index in [1.807, 2.05) is 0 Å². The number of carbonyl (C=O) groups is 1. The quantitative estimate of drug-likeness (QED) is 0.516. The number of hydrogen-bond acceptors (Lipinski definition) is 6. The molecule has 1 aromatic carbocycles. The van der Waals surface area contributed by atoms with Crippen molar-refractivity contribution < 1.29 is 14.5 Å². The highest BCUT2D eigenvalue weighted by Crippen LogP contribution is 2.31. The largest absolute Gasteiger partial charge is 0.465 e. The molecule has 0 fully saturated rings. The van der Waals surface area contributed by atoms with E-state index in [0.717, 1.165) is 5.69 Å². The fraction of sp³-hybridized carbons (Fsp3) is 0.286. The lowest BCUT2D eigenvalue weighted by Gasteiger charge is -2.10. The van der Waals surface area contributed by atoms with E-state index in [9.17, 15) is 14.9 Å². The van der Waals surface area contributed by atoms with Crippen LogP contribution in [0.25, 0.3) is 10.8 Å². The number of nitrogens with one attached hydrogen (secondary N) is 1. The van der Waals surface area contributed by atoms with Gasteiger partial charge in [-0.15, -0.1) is 0 Å². The second kappa shape index (κ2) is 6.17. The van der Waals surface area contributed by atoms with Crippen LogP contribution < -0.4 is 5.32 Å². The van der Waals surface area contributed by atoms with Gasteiger partial charge in [0.25, 0.3) is 5.69 Å². The second-order valence-corrected chi connectivity index (χ2v) is 4.42. The summed E-state index contributed by atoms with van der Waals surface area (Å²) in [6.45, 7) is 3.84. The molecule has 0 aliphatic rings. The van der Waals surface area contributed by atoms with Gasteiger partial charge in [-0.3, -0.25) is 19.9 Å². The number of aromatic nitrogens is 1. The summed E-state index contributed by atoms with van der Waals surface area (Å²) in [5.74, 6) is -0.380. The van der Waals surface area contributed by atoms with Crippen molar-refractivity contribution in [1.82, 2.24) is 4.98 Å². The summed E-state index contributed by atoms with van der Waals surface area (Å²) in [4.78, 5) is 26.1. The highest BCUT2D eigenvalue weighted by molar-refractivity contribution is 6.00. The first kappa shape index (κ1) is 14.7. The molecule has 1 N–H and O–H groups in total. The molecule has 0 saturated carbocycles. The molecule has 1 heterocycles. The van der Waals surface area contributed by atoms with Gasteiger partial charge in [-0.1, -0.05) is 0 Å². The molecule has 1 aromatic heterocycles. The van der Waals surface area contributed by atoms with Crippen molar-refractivity contribution in [1.29, 1.82) is 0 Å². The average Bonchev–Trinajstić information content (AvgIpc) is 2.44. The van der Waals surface area contributed by atoms with Crippen LogP contribution in [0.15, 0.2) is 24.4 Å². The molecule has 0 saturated heterocycles. The Morgan fingerprint density at radius 3 is 2.86 bits per heavy atom. The number of non-ortho nitro benzene ring substituents is 1. The predicted octanol–water partition coefficient (Wildman–Crippen LogP) is 2.43. The van der Waals surface area contributed by atoms with E-state index < -0.39 is 4.92 Å². The number of nitrogens with zero attached hydrogens (tertiary/aromatic N) is 2. The maximum atomic E-state index is 11.4. The van der Waals surface area contributed by atoms with Gasteiger partial charge in [-0.25, -0.2) is 0 Å². The Morgan fingerprint density at radius 2 is 2.19 bits per heavy atom. The molecule has 0 aliphatic heterocycles. The standard InChI is InChI=1S/C14H15N3O4/c1-3-21-14(18)8-16-12-4-5-13(17(19)20)11-7-15-9(2)6-10(11)12/h4-7,16H,3,8H2,1-2H3. The number of ether oxygens (including phenoxy) is 1. The molecule has 0 spiro atoms. The predicted molar refractivity (Wildman–Crippen MR) is 78.3 cm³/mol. The Hall–Kier alpha value is -2.70. The van der Waals surface area contributed by atoms with Gasteiger partial charge in [0.05, 0.1) is 16.9 Å². The maximum Gasteiger partial charge on any atom is 0.325 e. The molecular formula is C14H15N3O4. The molecule has 0 aliphatic carbocycles. The zero-order valence-electron chi connectivity index (χ0n) is 11.8. The van der Waals surface area contributed by atoms with Gasteiger partial charge in [0.15, 0.2) is 0 Å². The molecule has 21 heavy (non-hydrogen) atoms. The molecule has 7 nitrogen and oxygen atoms in total. The molecular weight excluding hydrogens is 274 g/mol. The third-order valence-electron chi connectivity index (χ3n) is 2.94. The van der Waals surface area contributed by atoms with Crippen molar-refractivity contribution in [3.8, 4) is 0 Å². The van der Waals surface area contributed by atoms with Crippen LogP contribution in [-0.4, -0.2) is 29.0 Å². The minimum atomic E-state index is -0.450. The van der Waals surface area contributed by atoms with E-state index >= 15 is 0 Å². The number of aryl methyl sites for hydroxylation is 1. The molecule has 7 heteroatoms. The molecule has 0 radical (unpaired) electrons. The average molecular weight is 289 g/mol. The van der Waals surface area contributed by atoms with E-state index in [-0.39, 0.29) is 18.2 Å². The van der Waals surface area contributed by atoms with Crippen LogP contribution in [0, 0.1) is 17.0 Å². The van der Waals surface area contributed by atoms with E-state index in [4.69, 9.17) is 4.74 Å². The zero-order chi connectivity index (χ0) is 15.4. The first-order chi connectivity index (χ1) is 10.0. The first-order valence-electron chi connectivity index (χ1n) is 6.46. The summed E-state index contributed by atoms with van der Waals surface area (Å²) < 4.78 is 4.84. The highest BCUT2D eigenvalue weighted by atomic mass is 16.6. The lowest BCUT2D eigenvalue weighted by Crippen LogP contribution is -2.16. The van der Waals surface area contributed by atoms with Gasteiger partial charge >= 0.3 is 5.97 Å². The van der Waals surface area contributed by atoms with Crippen molar-refractivity contribution >= 4 is 28.1 Å². The number of anilines is 1. The van der Waals surface area contributed by atoms with Gasteiger partial charge in [0.1, 0.15) is 6.54 Å². The number of pyridine rings is 1. The normalized spacial score (nSPS) is 10.4. The molecule has 0 unspecified atom stereocenters. The van der Waals surface area contributed by atoms with Crippen LogP contribution in [-0.2, 0) is 9.53 Å². The van der Waals surface area contributed by atoms with Gasteiger partial charge in [0, 0.05) is 29.0 Å². The molecule has 0 bridgehead atoms. The van der Waals surface area contributed by atoms with Gasteiger partial charge in [-0.2, -0.15) is 0 Å². The number of rotatable bonds is 5. The van der Waals surface area contributed by atoms with Crippen LogP contribution in [0.1, 0.15) is 12.6 Å². The Balaban J connectivity index is 2.40. The van der Waals surface area contributed by atoms with Crippen molar-refractivity contribution in [3.05, 3.63) is 40.2 Å². The Bertz CT molecular complexity index is 700. The highest BCUT2D eigenvalue weighted by Gasteiger charge is 2.15. The summed E-state index contributed by atoms with van der Waals surface area (Å²) in [5.41, 5.74) is 1.36. The minimum absolute atomic E-state index is 0.00210. The molecule has 2 aromatic rings. The number of esters is 1. The number of nitro groups is 1. The smallest absolute Gasteiger partial charge is 0.325 e. The van der Waals surface area contributed by atoms with E-state index in [1.54, 1.807) is 26.0 Å². The summed E-state index contributed by atoms with van der Waals surface area (Å²) in [6.07, 6.45) is 1.47. The fourth-order valence-electron chi connectivity index (χ4n) is 2.02. The Labute approximate surface area is 121 Å². The third kappa shape index (κ3) is 3.25. The van der Waals surface area contributed by atoms with Crippen LogP contribution in [0.5, 0.6) is 0 Å². The van der Waals surface area contributed by atoms with Gasteiger partial charge < -0.3 is 10.1 Å². The number of nitro benzene ring substituents is 1. The van der Waals surface area contributed by atoms with E-state index in [0.29, 0.717) is 23.1 Å². The molecule has 0 amide bonds. The number of hydrogen-bond donors (Lipinski definition) is 1. The van der Waals surface area contributed by atoms with Crippen LogP contribution in [0.3, 0.4) is 0 Å². The summed E-state index contributed by atoms with van der Waals surface area (Å²) in [7, 11) is 0.